The molecule has 0 bridgehead atoms. The van der Waals surface area contributed by atoms with E-state index < -0.39 is 0 Å². The van der Waals surface area contributed by atoms with Gasteiger partial charge in [-0.25, -0.2) is 0 Å². The Morgan fingerprint density at radius 3 is 2.83 bits per heavy atom. The zero-order valence-electron chi connectivity index (χ0n) is 11.3. The molecule has 1 fully saturated rings. The normalized spacial score (nSPS) is 20.8. The summed E-state index contributed by atoms with van der Waals surface area (Å²) in [5.74, 6) is 0. The van der Waals surface area contributed by atoms with E-state index in [1.807, 2.05) is 11.3 Å². The zero-order valence-corrected chi connectivity index (χ0v) is 13.7. The van der Waals surface area contributed by atoms with E-state index in [-0.39, 0.29) is 0 Å². The number of hydrogen-bond donors (Lipinski definition) is 1. The standard InChI is InChI=1S/C14H23BrN2S/c1-11(2)17(9-12-5-3-4-8-16-12)10-13-6-7-14(15)18-13/h6-7,11-12,16H,3-5,8-10H2,1-2H3. The van der Waals surface area contributed by atoms with Gasteiger partial charge in [0.25, 0.3) is 0 Å². The Morgan fingerprint density at radius 2 is 2.28 bits per heavy atom. The third-order valence-electron chi connectivity index (χ3n) is 3.59. The van der Waals surface area contributed by atoms with Crippen LogP contribution in [0.2, 0.25) is 0 Å². The SMILES string of the molecule is CC(C)N(Cc1ccc(Br)s1)CC1CCCCN1. The highest BCUT2D eigenvalue weighted by Gasteiger charge is 2.19. The van der Waals surface area contributed by atoms with Crippen LogP contribution in [0.3, 0.4) is 0 Å². The van der Waals surface area contributed by atoms with Crippen LogP contribution < -0.4 is 5.32 Å². The lowest BCUT2D eigenvalue weighted by atomic mass is 10.0. The van der Waals surface area contributed by atoms with Gasteiger partial charge in [-0.15, -0.1) is 11.3 Å². The van der Waals surface area contributed by atoms with Gasteiger partial charge in [-0.2, -0.15) is 0 Å². The first-order valence-electron chi connectivity index (χ1n) is 6.87. The average molecular weight is 331 g/mol. The molecule has 0 saturated carbocycles. The Hall–Kier alpha value is 0.1000. The Balaban J connectivity index is 1.90. The molecule has 2 nitrogen and oxygen atoms in total. The van der Waals surface area contributed by atoms with Crippen LogP contribution in [0, 0.1) is 0 Å². The van der Waals surface area contributed by atoms with Gasteiger partial charge < -0.3 is 5.32 Å². The van der Waals surface area contributed by atoms with Crippen molar-refractivity contribution in [2.45, 2.75) is 51.7 Å². The fourth-order valence-electron chi connectivity index (χ4n) is 2.46. The topological polar surface area (TPSA) is 15.3 Å². The minimum atomic E-state index is 0.606. The van der Waals surface area contributed by atoms with Crippen LogP contribution in [0.1, 0.15) is 38.0 Å². The van der Waals surface area contributed by atoms with Crippen molar-refractivity contribution in [3.8, 4) is 0 Å². The zero-order chi connectivity index (χ0) is 13.0. The predicted octanol–water partition coefficient (Wildman–Crippen LogP) is 3.86. The van der Waals surface area contributed by atoms with Crippen molar-refractivity contribution in [2.24, 2.45) is 0 Å². The van der Waals surface area contributed by atoms with E-state index in [1.165, 1.54) is 41.0 Å². The molecule has 0 spiro atoms. The number of nitrogens with zero attached hydrogens (tertiary/aromatic N) is 1. The lowest BCUT2D eigenvalue weighted by Gasteiger charge is -2.32. The van der Waals surface area contributed by atoms with Gasteiger partial charge in [-0.3, -0.25) is 4.90 Å². The van der Waals surface area contributed by atoms with Crippen molar-refractivity contribution in [1.29, 1.82) is 0 Å². The molecule has 1 saturated heterocycles. The van der Waals surface area contributed by atoms with Gasteiger partial charge in [0.15, 0.2) is 0 Å². The molecule has 4 heteroatoms. The van der Waals surface area contributed by atoms with Gasteiger partial charge in [-0.05, 0) is 61.3 Å². The second-order valence-electron chi connectivity index (χ2n) is 5.38. The Kier molecular flexibility index (Phi) is 5.67. The second kappa shape index (κ2) is 7.04. The monoisotopic (exact) mass is 330 g/mol. The lowest BCUT2D eigenvalue weighted by molar-refractivity contribution is 0.178. The minimum Gasteiger partial charge on any atom is -0.313 e. The van der Waals surface area contributed by atoms with Gasteiger partial charge in [0.2, 0.25) is 0 Å². The molecule has 0 radical (unpaired) electrons. The summed E-state index contributed by atoms with van der Waals surface area (Å²) in [7, 11) is 0. The molecule has 0 aliphatic carbocycles. The van der Waals surface area contributed by atoms with Crippen molar-refractivity contribution in [3.05, 3.63) is 20.8 Å². The number of thiophene rings is 1. The summed E-state index contributed by atoms with van der Waals surface area (Å²) in [6.45, 7) is 8.04. The molecule has 0 amide bonds. The first-order chi connectivity index (χ1) is 8.65. The van der Waals surface area contributed by atoms with Crippen LogP contribution in [0.25, 0.3) is 0 Å². The van der Waals surface area contributed by atoms with Crippen molar-refractivity contribution >= 4 is 27.3 Å². The summed E-state index contributed by atoms with van der Waals surface area (Å²) in [6, 6.07) is 5.68. The molecule has 1 aromatic heterocycles. The summed E-state index contributed by atoms with van der Waals surface area (Å²) in [5, 5.41) is 3.65. The summed E-state index contributed by atoms with van der Waals surface area (Å²) in [6.07, 6.45) is 4.06. The van der Waals surface area contributed by atoms with Gasteiger partial charge in [0, 0.05) is 30.1 Å². The summed E-state index contributed by atoms with van der Waals surface area (Å²) < 4.78 is 1.23. The molecule has 102 valence electrons. The number of piperidine rings is 1. The third-order valence-corrected chi connectivity index (χ3v) is 5.19. The van der Waals surface area contributed by atoms with E-state index in [4.69, 9.17) is 0 Å². The first-order valence-corrected chi connectivity index (χ1v) is 8.48. The third kappa shape index (κ3) is 4.34. The maximum absolute atomic E-state index is 3.65. The van der Waals surface area contributed by atoms with Crippen molar-refractivity contribution in [3.63, 3.8) is 0 Å². The average Bonchev–Trinajstić information content (AvgIpc) is 2.75. The summed E-state index contributed by atoms with van der Waals surface area (Å²) >= 11 is 5.40. The van der Waals surface area contributed by atoms with Gasteiger partial charge >= 0.3 is 0 Å². The molecule has 1 N–H and O–H groups in total. The molecule has 1 aliphatic heterocycles. The summed E-state index contributed by atoms with van der Waals surface area (Å²) in [4.78, 5) is 4.03. The number of halogens is 1. The maximum atomic E-state index is 3.65. The van der Waals surface area contributed by atoms with E-state index in [9.17, 15) is 0 Å². The lowest BCUT2D eigenvalue weighted by Crippen LogP contribution is -2.45. The molecular weight excluding hydrogens is 308 g/mol. The number of nitrogens with one attached hydrogen (secondary N) is 1. The predicted molar refractivity (Wildman–Crippen MR) is 83.2 cm³/mol. The molecule has 18 heavy (non-hydrogen) atoms. The highest BCUT2D eigenvalue weighted by Crippen LogP contribution is 2.24. The fourth-order valence-corrected chi connectivity index (χ4v) is 3.97. The molecule has 1 atom stereocenters. The minimum absolute atomic E-state index is 0.606. The Bertz CT molecular complexity index is 358. The highest BCUT2D eigenvalue weighted by molar-refractivity contribution is 9.11. The van der Waals surface area contributed by atoms with Crippen LogP contribution in [0.4, 0.5) is 0 Å². The van der Waals surface area contributed by atoms with Crippen molar-refractivity contribution in [1.82, 2.24) is 10.2 Å². The Labute approximate surface area is 123 Å². The van der Waals surface area contributed by atoms with E-state index in [0.717, 1.165) is 6.54 Å². The number of rotatable bonds is 5. The van der Waals surface area contributed by atoms with Crippen molar-refractivity contribution < 1.29 is 0 Å². The van der Waals surface area contributed by atoms with Crippen molar-refractivity contribution in [2.75, 3.05) is 13.1 Å². The first kappa shape index (κ1) is 14.5. The van der Waals surface area contributed by atoms with E-state index in [2.05, 4.69) is 52.1 Å². The quantitative estimate of drug-likeness (QED) is 0.881. The van der Waals surface area contributed by atoms with Crippen LogP contribution in [0.15, 0.2) is 15.9 Å². The van der Waals surface area contributed by atoms with Crippen LogP contribution >= 0.6 is 27.3 Å². The van der Waals surface area contributed by atoms with E-state index in [1.54, 1.807) is 0 Å². The molecule has 1 unspecified atom stereocenters. The van der Waals surface area contributed by atoms with Gasteiger partial charge in [0.1, 0.15) is 0 Å². The van der Waals surface area contributed by atoms with E-state index in [0.29, 0.717) is 12.1 Å². The van der Waals surface area contributed by atoms with Crippen LogP contribution in [-0.4, -0.2) is 30.1 Å². The Morgan fingerprint density at radius 1 is 1.44 bits per heavy atom. The van der Waals surface area contributed by atoms with Gasteiger partial charge in [-0.1, -0.05) is 6.42 Å². The summed E-state index contributed by atoms with van der Waals surface area (Å²) in [5.41, 5.74) is 0. The van der Waals surface area contributed by atoms with Gasteiger partial charge in [0.05, 0.1) is 3.79 Å². The molecule has 0 aromatic carbocycles. The molecular formula is C14H23BrN2S. The van der Waals surface area contributed by atoms with Crippen LogP contribution in [0.5, 0.6) is 0 Å². The van der Waals surface area contributed by atoms with Crippen LogP contribution in [-0.2, 0) is 6.54 Å². The smallest absolute Gasteiger partial charge is 0.0701 e. The second-order valence-corrected chi connectivity index (χ2v) is 7.92. The molecule has 2 rings (SSSR count). The molecule has 1 aromatic rings. The number of hydrogen-bond acceptors (Lipinski definition) is 3. The largest absolute Gasteiger partial charge is 0.313 e. The molecule has 2 heterocycles. The molecule has 1 aliphatic rings. The maximum Gasteiger partial charge on any atom is 0.0701 e. The fraction of sp³-hybridized carbons (Fsp3) is 0.714. The van der Waals surface area contributed by atoms with E-state index >= 15 is 0 Å². The highest BCUT2D eigenvalue weighted by atomic mass is 79.9.